The van der Waals surface area contributed by atoms with E-state index < -0.39 is 6.16 Å². The maximum Gasteiger partial charge on any atom is 0.503 e. The quantitative estimate of drug-likeness (QED) is 0.611. The monoisotopic (exact) mass is 258 g/mol. The summed E-state index contributed by atoms with van der Waals surface area (Å²) < 4.78 is 0. The molecule has 0 atom stereocenters. The molecule has 0 heterocycles. The van der Waals surface area contributed by atoms with E-state index in [-0.39, 0.29) is 58.8 Å². The standard InChI is InChI=1S/CH2O3.Ce.Fe/c2-1(3)4;;/h(H2,2,3,4);;. The van der Waals surface area contributed by atoms with Crippen LogP contribution in [0.1, 0.15) is 0 Å². The van der Waals surface area contributed by atoms with Crippen molar-refractivity contribution in [3.05, 3.63) is 0 Å². The summed E-state index contributed by atoms with van der Waals surface area (Å²) in [5.41, 5.74) is 0. The average molecular weight is 258 g/mol. The summed E-state index contributed by atoms with van der Waals surface area (Å²) in [4.78, 5) is 8.56. The fourth-order valence-electron chi connectivity index (χ4n) is 0. The second kappa shape index (κ2) is 9.48. The molecule has 0 aromatic rings. The van der Waals surface area contributed by atoms with Crippen LogP contribution in [0, 0.1) is 41.7 Å². The van der Waals surface area contributed by atoms with Gasteiger partial charge in [0.25, 0.3) is 0 Å². The third kappa shape index (κ3) is 65.9. The predicted octanol–water partition coefficient (Wildman–Crippen LogP) is 0.220. The molecule has 0 aromatic heterocycles. The number of hydrogen-bond donors (Lipinski definition) is 2. The molecule has 5 heteroatoms. The summed E-state index contributed by atoms with van der Waals surface area (Å²) in [6.07, 6.45) is -1.83. The van der Waals surface area contributed by atoms with Crippen LogP contribution >= 0.6 is 0 Å². The second-order valence-electron chi connectivity index (χ2n) is 0.283. The average Bonchev–Trinajstić information content (AvgIpc) is 0.811. The van der Waals surface area contributed by atoms with Crippen LogP contribution in [-0.2, 0) is 17.1 Å². The molecule has 0 amide bonds. The van der Waals surface area contributed by atoms with Crippen LogP contribution in [-0.4, -0.2) is 16.4 Å². The van der Waals surface area contributed by atoms with Crippen LogP contribution in [0.25, 0.3) is 0 Å². The van der Waals surface area contributed by atoms with E-state index in [4.69, 9.17) is 15.0 Å². The molecule has 0 fully saturated rings. The SMILES string of the molecule is O=C(O)O.[Ce].[Fe]. The maximum absolute atomic E-state index is 8.56. The van der Waals surface area contributed by atoms with E-state index in [0.717, 1.165) is 0 Å². The van der Waals surface area contributed by atoms with Crippen molar-refractivity contribution in [3.63, 3.8) is 0 Å². The summed E-state index contributed by atoms with van der Waals surface area (Å²) in [6, 6.07) is 0. The minimum absolute atomic E-state index is 0. The Morgan fingerprint density at radius 2 is 1.33 bits per heavy atom. The van der Waals surface area contributed by atoms with E-state index in [9.17, 15) is 0 Å². The maximum atomic E-state index is 8.56. The van der Waals surface area contributed by atoms with Gasteiger partial charge in [-0.25, -0.2) is 4.79 Å². The summed E-state index contributed by atoms with van der Waals surface area (Å²) in [5.74, 6) is 0. The van der Waals surface area contributed by atoms with Gasteiger partial charge in [-0.3, -0.25) is 0 Å². The van der Waals surface area contributed by atoms with Gasteiger partial charge in [0, 0.05) is 58.8 Å². The smallest absolute Gasteiger partial charge is 0.450 e. The zero-order valence-electron chi connectivity index (χ0n) is 2.66. The second-order valence-corrected chi connectivity index (χ2v) is 0.283. The molecule has 0 saturated carbocycles. The number of hydrogen-bond acceptors (Lipinski definition) is 1. The van der Waals surface area contributed by atoms with Crippen molar-refractivity contribution in [1.82, 2.24) is 0 Å². The molecule has 0 aliphatic rings. The Morgan fingerprint density at radius 1 is 1.33 bits per heavy atom. The molecule has 0 bridgehead atoms. The minimum atomic E-state index is -1.83. The Kier molecular flexibility index (Phi) is 24.8. The topological polar surface area (TPSA) is 57.5 Å². The summed E-state index contributed by atoms with van der Waals surface area (Å²) in [6.45, 7) is 0. The van der Waals surface area contributed by atoms with Crippen molar-refractivity contribution in [2.24, 2.45) is 0 Å². The number of rotatable bonds is 0. The molecule has 3 nitrogen and oxygen atoms in total. The van der Waals surface area contributed by atoms with Crippen LogP contribution in [0.15, 0.2) is 0 Å². The van der Waals surface area contributed by atoms with Gasteiger partial charge < -0.3 is 10.2 Å². The Labute approximate surface area is 79.0 Å². The normalized spacial score (nSPS) is 4.00. The molecule has 6 heavy (non-hydrogen) atoms. The summed E-state index contributed by atoms with van der Waals surface area (Å²) >= 11 is 0. The van der Waals surface area contributed by atoms with E-state index in [2.05, 4.69) is 0 Å². The van der Waals surface area contributed by atoms with Crippen molar-refractivity contribution < 1.29 is 73.8 Å². The van der Waals surface area contributed by atoms with E-state index >= 15 is 0 Å². The Morgan fingerprint density at radius 3 is 1.33 bits per heavy atom. The Hall–Kier alpha value is 1.17. The van der Waals surface area contributed by atoms with Gasteiger partial charge in [0.05, 0.1) is 0 Å². The van der Waals surface area contributed by atoms with E-state index in [0.29, 0.717) is 0 Å². The first kappa shape index (κ1) is 15.7. The number of carboxylic acid groups (broad SMARTS) is 2. The molecule has 0 saturated heterocycles. The van der Waals surface area contributed by atoms with Crippen LogP contribution in [0.3, 0.4) is 0 Å². The Bertz CT molecular complexity index is 33.8. The fourth-order valence-corrected chi connectivity index (χ4v) is 0. The molecule has 0 aliphatic carbocycles. The predicted molar refractivity (Wildman–Crippen MR) is 10.7 cm³/mol. The summed E-state index contributed by atoms with van der Waals surface area (Å²) in [5, 5.41) is 13.9. The molecule has 0 radical (unpaired) electrons. The van der Waals surface area contributed by atoms with Crippen molar-refractivity contribution in [2.75, 3.05) is 0 Å². The van der Waals surface area contributed by atoms with Gasteiger partial charge in [-0.1, -0.05) is 0 Å². The zero-order chi connectivity index (χ0) is 3.58. The number of carbonyl (C=O) groups is 1. The largest absolute Gasteiger partial charge is 0.503 e. The first-order valence-corrected chi connectivity index (χ1v) is 0.651. The van der Waals surface area contributed by atoms with Crippen molar-refractivity contribution in [2.45, 2.75) is 0 Å². The van der Waals surface area contributed by atoms with Gasteiger partial charge in [0.2, 0.25) is 0 Å². The minimum Gasteiger partial charge on any atom is -0.450 e. The molecule has 0 aliphatic heterocycles. The fraction of sp³-hybridized carbons (Fsp3) is 0. The van der Waals surface area contributed by atoms with Crippen LogP contribution in [0.2, 0.25) is 0 Å². The first-order chi connectivity index (χ1) is 1.73. The molecular weight excluding hydrogens is 256 g/mol. The molecule has 0 aromatic carbocycles. The first-order valence-electron chi connectivity index (χ1n) is 0.651. The molecule has 0 unspecified atom stereocenters. The van der Waals surface area contributed by atoms with Gasteiger partial charge in [-0.05, 0) is 0 Å². The van der Waals surface area contributed by atoms with Crippen LogP contribution in [0.5, 0.6) is 0 Å². The molecule has 0 spiro atoms. The van der Waals surface area contributed by atoms with Crippen molar-refractivity contribution >= 4 is 6.16 Å². The van der Waals surface area contributed by atoms with Gasteiger partial charge in [0.1, 0.15) is 0 Å². The molecule has 0 rings (SSSR count). The molecule has 2 N–H and O–H groups in total. The van der Waals surface area contributed by atoms with Gasteiger partial charge >= 0.3 is 6.16 Å². The third-order valence-corrected chi connectivity index (χ3v) is 0. The van der Waals surface area contributed by atoms with Gasteiger partial charge in [-0.15, -0.1) is 0 Å². The molecule has 36 valence electrons. The van der Waals surface area contributed by atoms with Crippen LogP contribution < -0.4 is 0 Å². The summed E-state index contributed by atoms with van der Waals surface area (Å²) in [7, 11) is 0. The van der Waals surface area contributed by atoms with Gasteiger partial charge in [-0.2, -0.15) is 0 Å². The van der Waals surface area contributed by atoms with Crippen molar-refractivity contribution in [3.8, 4) is 0 Å². The molecular formula is CH2CeFeO3. The Balaban J connectivity index is -0.0000000450. The zero-order valence-corrected chi connectivity index (χ0v) is 6.90. The van der Waals surface area contributed by atoms with E-state index in [1.807, 2.05) is 0 Å². The van der Waals surface area contributed by atoms with Crippen LogP contribution in [0.4, 0.5) is 4.79 Å². The van der Waals surface area contributed by atoms with Gasteiger partial charge in [0.15, 0.2) is 0 Å². The van der Waals surface area contributed by atoms with E-state index in [1.165, 1.54) is 0 Å². The van der Waals surface area contributed by atoms with Crippen molar-refractivity contribution in [1.29, 1.82) is 0 Å². The van der Waals surface area contributed by atoms with E-state index in [1.54, 1.807) is 0 Å². The third-order valence-electron chi connectivity index (χ3n) is 0.